The van der Waals surface area contributed by atoms with Gasteiger partial charge in [-0.3, -0.25) is 0 Å². The number of hydrogen-bond donors (Lipinski definition) is 2. The van der Waals surface area contributed by atoms with Crippen molar-refractivity contribution < 1.29 is 14.6 Å². The van der Waals surface area contributed by atoms with Gasteiger partial charge in [0.15, 0.2) is 6.61 Å². The molecule has 0 saturated carbocycles. The Morgan fingerprint density at radius 1 is 1.34 bits per heavy atom. The highest BCUT2D eigenvalue weighted by Crippen LogP contribution is 2.44. The summed E-state index contributed by atoms with van der Waals surface area (Å²) in [5, 5.41) is 27.8. The maximum absolute atomic E-state index is 10.7. The first-order valence-electron chi connectivity index (χ1n) is 8.46. The molecular formula is C21H15BrN4O3. The third kappa shape index (κ3) is 3.58. The number of pyridine rings is 1. The Labute approximate surface area is 175 Å². The van der Waals surface area contributed by atoms with Gasteiger partial charge in [-0.2, -0.15) is 10.5 Å². The number of ether oxygens (including phenoxy) is 1. The molecule has 1 heterocycles. The molecule has 7 nitrogen and oxygen atoms in total. The number of carboxylic acids is 1. The van der Waals surface area contributed by atoms with Gasteiger partial charge in [-0.15, -0.1) is 0 Å². The molecule has 2 aromatic rings. The van der Waals surface area contributed by atoms with E-state index >= 15 is 0 Å². The van der Waals surface area contributed by atoms with Gasteiger partial charge in [-0.1, -0.05) is 6.07 Å². The van der Waals surface area contributed by atoms with Crippen molar-refractivity contribution in [2.75, 3.05) is 12.3 Å². The highest BCUT2D eigenvalue weighted by molar-refractivity contribution is 9.10. The first kappa shape index (κ1) is 20.1. The van der Waals surface area contributed by atoms with E-state index in [4.69, 9.17) is 15.6 Å². The van der Waals surface area contributed by atoms with E-state index in [1.54, 1.807) is 25.1 Å². The first-order valence-corrected chi connectivity index (χ1v) is 9.25. The zero-order valence-electron chi connectivity index (χ0n) is 15.6. The Bertz CT molecular complexity index is 1200. The minimum atomic E-state index is -1.06. The van der Waals surface area contributed by atoms with Crippen LogP contribution in [0.25, 0.3) is 17.2 Å². The van der Waals surface area contributed by atoms with Crippen LogP contribution in [0, 0.1) is 29.6 Å². The van der Waals surface area contributed by atoms with Crippen LogP contribution in [0.15, 0.2) is 28.2 Å². The summed E-state index contributed by atoms with van der Waals surface area (Å²) in [4.78, 5) is 15.0. The first-order chi connectivity index (χ1) is 13.8. The standard InChI is InChI=1S/C21H15BrN4O3/c1-10-13(5-12-3-4-17(16(22)6-12)29-9-18(27)28)19-11(2)15(8-24)21(25)26-20(19)14(10)7-23/h3-6H,9H2,1-2H3,(H2,25,26)(H,27,28)/b13-5+. The van der Waals surface area contributed by atoms with Crippen LogP contribution in [-0.2, 0) is 4.79 Å². The van der Waals surface area contributed by atoms with Crippen LogP contribution >= 0.6 is 15.9 Å². The number of nitrogens with two attached hydrogens (primary N) is 1. The largest absolute Gasteiger partial charge is 0.481 e. The van der Waals surface area contributed by atoms with Crippen molar-refractivity contribution in [2.45, 2.75) is 13.8 Å². The molecule has 1 aliphatic carbocycles. The molecule has 0 amide bonds. The quantitative estimate of drug-likeness (QED) is 0.720. The van der Waals surface area contributed by atoms with Crippen LogP contribution < -0.4 is 10.5 Å². The fourth-order valence-electron chi connectivity index (χ4n) is 3.23. The van der Waals surface area contributed by atoms with Gasteiger partial charge in [0.1, 0.15) is 23.7 Å². The third-order valence-electron chi connectivity index (χ3n) is 4.60. The number of rotatable bonds is 4. The molecule has 1 aromatic carbocycles. The minimum absolute atomic E-state index is 0.105. The number of nitriles is 2. The summed E-state index contributed by atoms with van der Waals surface area (Å²) in [5.41, 5.74) is 10.8. The molecule has 0 saturated heterocycles. The predicted molar refractivity (Wildman–Crippen MR) is 111 cm³/mol. The maximum atomic E-state index is 10.7. The zero-order valence-corrected chi connectivity index (χ0v) is 17.2. The van der Waals surface area contributed by atoms with Crippen LogP contribution in [0.5, 0.6) is 5.75 Å². The lowest BCUT2D eigenvalue weighted by molar-refractivity contribution is -0.139. The monoisotopic (exact) mass is 450 g/mol. The van der Waals surface area contributed by atoms with Crippen molar-refractivity contribution in [3.05, 3.63) is 56.2 Å². The van der Waals surface area contributed by atoms with Crippen molar-refractivity contribution in [1.82, 2.24) is 4.98 Å². The second-order valence-electron chi connectivity index (χ2n) is 6.37. The Hall–Kier alpha value is -3.62. The van der Waals surface area contributed by atoms with E-state index in [0.29, 0.717) is 38.2 Å². The van der Waals surface area contributed by atoms with Crippen LogP contribution in [0.2, 0.25) is 0 Å². The molecule has 1 aromatic heterocycles. The normalized spacial score (nSPS) is 13.8. The van der Waals surface area contributed by atoms with E-state index in [0.717, 1.165) is 16.7 Å². The fourth-order valence-corrected chi connectivity index (χ4v) is 3.74. The summed E-state index contributed by atoms with van der Waals surface area (Å²) in [6, 6.07) is 9.48. The maximum Gasteiger partial charge on any atom is 0.341 e. The Kier molecular flexibility index (Phi) is 5.40. The lowest BCUT2D eigenvalue weighted by Crippen LogP contribution is -2.09. The number of carbonyl (C=O) groups is 1. The van der Waals surface area contributed by atoms with Crippen LogP contribution in [0.4, 0.5) is 5.82 Å². The second kappa shape index (κ2) is 7.78. The molecule has 3 rings (SSSR count). The summed E-state index contributed by atoms with van der Waals surface area (Å²) in [7, 11) is 0. The second-order valence-corrected chi connectivity index (χ2v) is 7.23. The molecule has 0 unspecified atom stereocenters. The molecule has 0 aliphatic heterocycles. The lowest BCUT2D eigenvalue weighted by atomic mass is 9.95. The minimum Gasteiger partial charge on any atom is -0.481 e. The Balaban J connectivity index is 2.13. The molecule has 0 fully saturated rings. The van der Waals surface area contributed by atoms with Crippen LogP contribution in [0.1, 0.15) is 34.9 Å². The molecular weight excluding hydrogens is 436 g/mol. The van der Waals surface area contributed by atoms with Crippen molar-refractivity contribution in [2.24, 2.45) is 0 Å². The number of hydrogen-bond acceptors (Lipinski definition) is 6. The van der Waals surface area contributed by atoms with Crippen molar-refractivity contribution in [3.8, 4) is 17.9 Å². The highest BCUT2D eigenvalue weighted by atomic mass is 79.9. The van der Waals surface area contributed by atoms with E-state index in [-0.39, 0.29) is 5.82 Å². The van der Waals surface area contributed by atoms with E-state index in [1.807, 2.05) is 13.0 Å². The number of carboxylic acid groups (broad SMARTS) is 1. The number of allylic oxidation sites excluding steroid dienone is 3. The van der Waals surface area contributed by atoms with E-state index < -0.39 is 12.6 Å². The third-order valence-corrected chi connectivity index (χ3v) is 5.22. The van der Waals surface area contributed by atoms with Gasteiger partial charge in [0.25, 0.3) is 0 Å². The smallest absolute Gasteiger partial charge is 0.341 e. The van der Waals surface area contributed by atoms with Crippen molar-refractivity contribution in [3.63, 3.8) is 0 Å². The molecule has 144 valence electrons. The number of benzene rings is 1. The van der Waals surface area contributed by atoms with Crippen molar-refractivity contribution in [1.29, 1.82) is 10.5 Å². The molecule has 0 bridgehead atoms. The van der Waals surface area contributed by atoms with Crippen molar-refractivity contribution >= 4 is 44.9 Å². The molecule has 0 spiro atoms. The van der Waals surface area contributed by atoms with E-state index in [9.17, 15) is 15.3 Å². The van der Waals surface area contributed by atoms with Gasteiger partial charge >= 0.3 is 5.97 Å². The number of aliphatic carboxylic acids is 1. The zero-order chi connectivity index (χ0) is 21.3. The number of anilines is 1. The summed E-state index contributed by atoms with van der Waals surface area (Å²) in [6.45, 7) is 3.17. The summed E-state index contributed by atoms with van der Waals surface area (Å²) in [5.74, 6) is -0.553. The van der Waals surface area contributed by atoms with Gasteiger partial charge in [0.05, 0.1) is 21.3 Å². The van der Waals surface area contributed by atoms with Gasteiger partial charge in [-0.05, 0) is 70.3 Å². The van der Waals surface area contributed by atoms with E-state index in [1.165, 1.54) is 0 Å². The summed E-state index contributed by atoms with van der Waals surface area (Å²) in [6.07, 6.45) is 1.89. The fraction of sp³-hybridized carbons (Fsp3) is 0.143. The number of fused-ring (bicyclic) bond motifs is 1. The van der Waals surface area contributed by atoms with Crippen LogP contribution in [0.3, 0.4) is 0 Å². The molecule has 0 atom stereocenters. The number of aromatic nitrogens is 1. The number of halogens is 1. The summed E-state index contributed by atoms with van der Waals surface area (Å²) < 4.78 is 5.81. The molecule has 8 heteroatoms. The Morgan fingerprint density at radius 2 is 2.07 bits per heavy atom. The van der Waals surface area contributed by atoms with Gasteiger partial charge in [0, 0.05) is 5.56 Å². The molecule has 0 radical (unpaired) electrons. The lowest BCUT2D eigenvalue weighted by Gasteiger charge is -2.11. The van der Waals surface area contributed by atoms with E-state index in [2.05, 4.69) is 33.1 Å². The Morgan fingerprint density at radius 3 is 2.66 bits per heavy atom. The molecule has 3 N–H and O–H groups in total. The average molecular weight is 451 g/mol. The number of nitrogen functional groups attached to an aromatic ring is 1. The average Bonchev–Trinajstić information content (AvgIpc) is 2.92. The van der Waals surface area contributed by atoms with Crippen LogP contribution in [-0.4, -0.2) is 22.7 Å². The van der Waals surface area contributed by atoms with Gasteiger partial charge in [0.2, 0.25) is 0 Å². The van der Waals surface area contributed by atoms with Gasteiger partial charge in [-0.25, -0.2) is 9.78 Å². The number of nitrogens with zero attached hydrogens (tertiary/aromatic N) is 3. The SMILES string of the molecule is CC1=C(C#N)c2nc(N)c(C#N)c(C)c2/C1=C/c1ccc(OCC(=O)O)c(Br)c1. The highest BCUT2D eigenvalue weighted by Gasteiger charge is 2.29. The predicted octanol–water partition coefficient (Wildman–Crippen LogP) is 3.92. The molecule has 29 heavy (non-hydrogen) atoms. The topological polar surface area (TPSA) is 133 Å². The summed E-state index contributed by atoms with van der Waals surface area (Å²) >= 11 is 3.38. The van der Waals surface area contributed by atoms with Gasteiger partial charge < -0.3 is 15.6 Å². The molecule has 1 aliphatic rings.